The number of rotatable bonds is 4. The topological polar surface area (TPSA) is 29.3 Å². The molecule has 0 aliphatic heterocycles. The van der Waals surface area contributed by atoms with E-state index in [0.29, 0.717) is 11.5 Å². The van der Waals surface area contributed by atoms with E-state index in [2.05, 4.69) is 11.0 Å². The van der Waals surface area contributed by atoms with Crippen LogP contribution in [0.4, 0.5) is 5.69 Å². The number of nitrogens with zero attached hydrogens (tertiary/aromatic N) is 1. The van der Waals surface area contributed by atoms with Crippen LogP contribution < -0.4 is 10.6 Å². The first kappa shape index (κ1) is 14.8. The molecule has 0 aliphatic carbocycles. The summed E-state index contributed by atoms with van der Waals surface area (Å²) in [6.45, 7) is 2.73. The second-order valence-electron chi connectivity index (χ2n) is 4.83. The maximum atomic E-state index is 6.21. The Kier molecular flexibility index (Phi) is 4.63. The smallest absolute Gasteiger partial charge is 0.106 e. The molecule has 4 heteroatoms. The van der Waals surface area contributed by atoms with Crippen LogP contribution >= 0.6 is 23.8 Å². The van der Waals surface area contributed by atoms with Gasteiger partial charge in [-0.1, -0.05) is 53.6 Å². The second kappa shape index (κ2) is 6.25. The summed E-state index contributed by atoms with van der Waals surface area (Å²) >= 11 is 11.4. The molecule has 2 N–H and O–H groups in total. The van der Waals surface area contributed by atoms with Crippen LogP contribution in [0.1, 0.15) is 16.7 Å². The molecule has 0 aliphatic rings. The fourth-order valence-electron chi connectivity index (χ4n) is 2.15. The highest BCUT2D eigenvalue weighted by Gasteiger charge is 2.11. The number of aryl methyl sites for hydroxylation is 1. The monoisotopic (exact) mass is 304 g/mol. The van der Waals surface area contributed by atoms with Crippen molar-refractivity contribution in [2.75, 3.05) is 11.9 Å². The SMILES string of the molecule is Cc1ccc(N(C)Cc2ccccc2Cl)c(C(N)=S)c1. The molecule has 2 rings (SSSR count). The second-order valence-corrected chi connectivity index (χ2v) is 5.68. The third kappa shape index (κ3) is 3.30. The standard InChI is InChI=1S/C16H17ClN2S/c1-11-7-8-15(13(9-11)16(18)20)19(2)10-12-5-3-4-6-14(12)17/h3-9H,10H2,1-2H3,(H2,18,20). The van der Waals surface area contributed by atoms with Crippen molar-refractivity contribution in [2.24, 2.45) is 5.73 Å². The van der Waals surface area contributed by atoms with Crippen molar-refractivity contribution < 1.29 is 0 Å². The fourth-order valence-corrected chi connectivity index (χ4v) is 2.51. The van der Waals surface area contributed by atoms with Crippen LogP contribution in [0.25, 0.3) is 0 Å². The first-order valence-electron chi connectivity index (χ1n) is 6.34. The Morgan fingerprint density at radius 3 is 2.60 bits per heavy atom. The van der Waals surface area contributed by atoms with Gasteiger partial charge in [-0.05, 0) is 30.7 Å². The Labute approximate surface area is 130 Å². The van der Waals surface area contributed by atoms with Gasteiger partial charge in [-0.3, -0.25) is 0 Å². The minimum Gasteiger partial charge on any atom is -0.389 e. The maximum absolute atomic E-state index is 6.21. The van der Waals surface area contributed by atoms with Gasteiger partial charge in [-0.25, -0.2) is 0 Å². The van der Waals surface area contributed by atoms with Crippen LogP contribution in [-0.2, 0) is 6.54 Å². The van der Waals surface area contributed by atoms with Crippen molar-refractivity contribution in [3.8, 4) is 0 Å². The van der Waals surface area contributed by atoms with Crippen molar-refractivity contribution in [3.05, 3.63) is 64.2 Å². The van der Waals surface area contributed by atoms with Gasteiger partial charge < -0.3 is 10.6 Å². The minimum absolute atomic E-state index is 0.412. The molecule has 0 unspecified atom stereocenters. The summed E-state index contributed by atoms with van der Waals surface area (Å²) < 4.78 is 0. The Bertz CT molecular complexity index is 640. The van der Waals surface area contributed by atoms with Crippen LogP contribution in [0.2, 0.25) is 5.02 Å². The Hall–Kier alpha value is -1.58. The van der Waals surface area contributed by atoms with E-state index < -0.39 is 0 Å². The summed E-state index contributed by atoms with van der Waals surface area (Å²) in [7, 11) is 2.01. The number of thiocarbonyl (C=S) groups is 1. The van der Waals surface area contributed by atoms with Gasteiger partial charge in [0.25, 0.3) is 0 Å². The van der Waals surface area contributed by atoms with Gasteiger partial charge >= 0.3 is 0 Å². The number of hydrogen-bond donors (Lipinski definition) is 1. The number of nitrogens with two attached hydrogens (primary N) is 1. The lowest BCUT2D eigenvalue weighted by Crippen LogP contribution is -2.21. The van der Waals surface area contributed by atoms with Crippen LogP contribution in [-0.4, -0.2) is 12.0 Å². The third-order valence-corrected chi connectivity index (χ3v) is 3.78. The average Bonchev–Trinajstić information content (AvgIpc) is 2.41. The predicted octanol–water partition coefficient (Wildman–Crippen LogP) is 3.92. The van der Waals surface area contributed by atoms with Crippen molar-refractivity contribution >= 4 is 34.5 Å². The van der Waals surface area contributed by atoms with E-state index >= 15 is 0 Å². The lowest BCUT2D eigenvalue weighted by molar-refractivity contribution is 0.921. The molecule has 0 spiro atoms. The van der Waals surface area contributed by atoms with E-state index in [1.54, 1.807) is 0 Å². The van der Waals surface area contributed by atoms with Crippen LogP contribution in [0.5, 0.6) is 0 Å². The number of benzene rings is 2. The molecule has 2 nitrogen and oxygen atoms in total. The van der Waals surface area contributed by atoms with Crippen molar-refractivity contribution in [3.63, 3.8) is 0 Å². The quantitative estimate of drug-likeness (QED) is 0.868. The van der Waals surface area contributed by atoms with Gasteiger partial charge in [0.15, 0.2) is 0 Å². The van der Waals surface area contributed by atoms with Crippen LogP contribution in [0.15, 0.2) is 42.5 Å². The molecule has 0 aromatic heterocycles. The summed E-state index contributed by atoms with van der Waals surface area (Å²) in [5.41, 5.74) is 9.95. The van der Waals surface area contributed by atoms with E-state index in [1.807, 2.05) is 50.4 Å². The summed E-state index contributed by atoms with van der Waals surface area (Å²) in [6.07, 6.45) is 0. The van der Waals surface area contributed by atoms with Gasteiger partial charge in [0, 0.05) is 29.9 Å². The number of anilines is 1. The van der Waals surface area contributed by atoms with Gasteiger partial charge in [0.1, 0.15) is 4.99 Å². The molecule has 0 bridgehead atoms. The maximum Gasteiger partial charge on any atom is 0.106 e. The van der Waals surface area contributed by atoms with E-state index in [1.165, 1.54) is 0 Å². The first-order valence-corrected chi connectivity index (χ1v) is 7.12. The highest BCUT2D eigenvalue weighted by atomic mass is 35.5. The van der Waals surface area contributed by atoms with E-state index in [4.69, 9.17) is 29.6 Å². The molecule has 0 radical (unpaired) electrons. The molecule has 20 heavy (non-hydrogen) atoms. The highest BCUT2D eigenvalue weighted by Crippen LogP contribution is 2.24. The Balaban J connectivity index is 2.32. The molecule has 0 atom stereocenters. The van der Waals surface area contributed by atoms with Gasteiger partial charge in [0.05, 0.1) is 0 Å². The average molecular weight is 305 g/mol. The molecule has 0 saturated carbocycles. The summed E-state index contributed by atoms with van der Waals surface area (Å²) in [5, 5.41) is 0.767. The molecule has 2 aromatic carbocycles. The molecule has 0 saturated heterocycles. The largest absolute Gasteiger partial charge is 0.389 e. The van der Waals surface area contributed by atoms with E-state index in [0.717, 1.165) is 27.4 Å². The lowest BCUT2D eigenvalue weighted by Gasteiger charge is -2.23. The van der Waals surface area contributed by atoms with Gasteiger partial charge in [-0.2, -0.15) is 0 Å². The fraction of sp³-hybridized carbons (Fsp3) is 0.188. The summed E-state index contributed by atoms with van der Waals surface area (Å²) in [5.74, 6) is 0. The van der Waals surface area contributed by atoms with Crippen LogP contribution in [0, 0.1) is 6.92 Å². The number of hydrogen-bond acceptors (Lipinski definition) is 2. The minimum atomic E-state index is 0.412. The number of halogens is 1. The van der Waals surface area contributed by atoms with E-state index in [9.17, 15) is 0 Å². The predicted molar refractivity (Wildman–Crippen MR) is 90.6 cm³/mol. The Morgan fingerprint density at radius 2 is 1.95 bits per heavy atom. The molecule has 0 heterocycles. The zero-order chi connectivity index (χ0) is 14.7. The lowest BCUT2D eigenvalue weighted by atomic mass is 10.1. The third-order valence-electron chi connectivity index (χ3n) is 3.19. The van der Waals surface area contributed by atoms with Gasteiger partial charge in [-0.15, -0.1) is 0 Å². The van der Waals surface area contributed by atoms with Crippen molar-refractivity contribution in [1.29, 1.82) is 0 Å². The normalized spacial score (nSPS) is 10.3. The zero-order valence-corrected chi connectivity index (χ0v) is 13.1. The first-order chi connectivity index (χ1) is 9.49. The van der Waals surface area contributed by atoms with Crippen molar-refractivity contribution in [1.82, 2.24) is 0 Å². The molecule has 104 valence electrons. The molecule has 0 amide bonds. The van der Waals surface area contributed by atoms with Gasteiger partial charge in [0.2, 0.25) is 0 Å². The summed E-state index contributed by atoms with van der Waals surface area (Å²) in [6, 6.07) is 13.9. The van der Waals surface area contributed by atoms with Crippen molar-refractivity contribution in [2.45, 2.75) is 13.5 Å². The highest BCUT2D eigenvalue weighted by molar-refractivity contribution is 7.80. The molecule has 2 aromatic rings. The molecular formula is C16H17ClN2S. The zero-order valence-electron chi connectivity index (χ0n) is 11.6. The van der Waals surface area contributed by atoms with Crippen LogP contribution in [0.3, 0.4) is 0 Å². The van der Waals surface area contributed by atoms with E-state index in [-0.39, 0.29) is 0 Å². The molecule has 0 fully saturated rings. The Morgan fingerprint density at radius 1 is 1.25 bits per heavy atom. The molecular weight excluding hydrogens is 288 g/mol. The summed E-state index contributed by atoms with van der Waals surface area (Å²) in [4.78, 5) is 2.52.